The molecule has 1 atom stereocenters. The Bertz CT molecular complexity index is 1320. The molecule has 1 unspecified atom stereocenters. The highest BCUT2D eigenvalue weighted by molar-refractivity contribution is 7.91. The highest BCUT2D eigenvalue weighted by atomic mass is 35.5. The van der Waals surface area contributed by atoms with Gasteiger partial charge in [0.2, 0.25) is 16.2 Å². The number of sulfone groups is 1. The lowest BCUT2D eigenvalue weighted by molar-refractivity contribution is -0.122. The molecule has 1 aromatic heterocycles. The Hall–Kier alpha value is -2.88. The molecule has 0 saturated carbocycles. The fourth-order valence-corrected chi connectivity index (χ4v) is 5.80. The highest BCUT2D eigenvalue weighted by Crippen LogP contribution is 2.35. The lowest BCUT2D eigenvalue weighted by Gasteiger charge is -2.39. The molecule has 2 heterocycles. The second kappa shape index (κ2) is 9.77. The van der Waals surface area contributed by atoms with Crippen LogP contribution in [0.4, 0.5) is 8.78 Å². The molecule has 2 aromatic carbocycles. The smallest absolute Gasteiger partial charge is 0.210 e. The molecule has 6 nitrogen and oxygen atoms in total. The van der Waals surface area contributed by atoms with Crippen molar-refractivity contribution in [3.05, 3.63) is 88.2 Å². The van der Waals surface area contributed by atoms with Crippen molar-refractivity contribution in [2.24, 2.45) is 0 Å². The van der Waals surface area contributed by atoms with Crippen LogP contribution in [-0.4, -0.2) is 56.3 Å². The van der Waals surface area contributed by atoms with Gasteiger partial charge in [0.15, 0.2) is 0 Å². The molecular weight excluding hydrogens is 484 g/mol. The third kappa shape index (κ3) is 4.82. The van der Waals surface area contributed by atoms with Crippen LogP contribution in [0.5, 0.6) is 0 Å². The largest absolute Gasteiger partial charge is 0.336 e. The van der Waals surface area contributed by atoms with E-state index in [1.807, 2.05) is 11.9 Å². The molecule has 0 spiro atoms. The Balaban J connectivity index is 1.93. The van der Waals surface area contributed by atoms with Crippen molar-refractivity contribution < 1.29 is 22.0 Å². The van der Waals surface area contributed by atoms with E-state index in [0.29, 0.717) is 36.6 Å². The molecule has 0 bridgehead atoms. The maximum Gasteiger partial charge on any atom is 0.210 e. The fourth-order valence-electron chi connectivity index (χ4n) is 4.14. The fraction of sp³-hybridized carbons (Fsp3) is 0.250. The Morgan fingerprint density at radius 3 is 2.56 bits per heavy atom. The third-order valence-corrected chi connectivity index (χ3v) is 7.99. The molecule has 0 radical (unpaired) electrons. The molecule has 1 fully saturated rings. The van der Waals surface area contributed by atoms with Crippen LogP contribution in [0.25, 0.3) is 0 Å². The van der Waals surface area contributed by atoms with Crippen LogP contribution in [0.2, 0.25) is 5.02 Å². The zero-order valence-electron chi connectivity index (χ0n) is 18.3. The lowest BCUT2D eigenvalue weighted by atomic mass is 9.97. The van der Waals surface area contributed by atoms with Gasteiger partial charge in [0.05, 0.1) is 21.5 Å². The number of benzene rings is 2. The Kier molecular flexibility index (Phi) is 6.97. The van der Waals surface area contributed by atoms with Gasteiger partial charge in [-0.05, 0) is 61.1 Å². The second-order valence-electron chi connectivity index (χ2n) is 8.16. The van der Waals surface area contributed by atoms with Gasteiger partial charge in [-0.25, -0.2) is 17.2 Å². The molecule has 0 aliphatic carbocycles. The summed E-state index contributed by atoms with van der Waals surface area (Å²) in [6.45, 7) is 1.35. The Morgan fingerprint density at radius 2 is 1.85 bits per heavy atom. The van der Waals surface area contributed by atoms with Gasteiger partial charge in [-0.1, -0.05) is 11.6 Å². The van der Waals surface area contributed by atoms with Crippen molar-refractivity contribution in [2.45, 2.75) is 22.3 Å². The number of nitrogens with zero attached hydrogens (tertiary/aromatic N) is 3. The average molecular weight is 506 g/mol. The number of piperazine rings is 1. The zero-order valence-corrected chi connectivity index (χ0v) is 19.9. The Morgan fingerprint density at radius 1 is 1.12 bits per heavy atom. The van der Waals surface area contributed by atoms with Crippen molar-refractivity contribution in [1.29, 1.82) is 0 Å². The first kappa shape index (κ1) is 24.3. The van der Waals surface area contributed by atoms with Crippen molar-refractivity contribution in [3.8, 4) is 0 Å². The first-order valence-electron chi connectivity index (χ1n) is 10.5. The first-order valence-corrected chi connectivity index (χ1v) is 12.4. The van der Waals surface area contributed by atoms with Crippen LogP contribution in [-0.2, 0) is 21.1 Å². The molecule has 34 heavy (non-hydrogen) atoms. The summed E-state index contributed by atoms with van der Waals surface area (Å²) in [5.41, 5.74) is 0.586. The van der Waals surface area contributed by atoms with Gasteiger partial charge in [0.1, 0.15) is 11.6 Å². The summed E-state index contributed by atoms with van der Waals surface area (Å²) >= 11 is 5.94. The zero-order chi connectivity index (χ0) is 24.5. The van der Waals surface area contributed by atoms with E-state index in [1.54, 1.807) is 0 Å². The van der Waals surface area contributed by atoms with E-state index in [0.717, 1.165) is 18.2 Å². The number of aromatic nitrogens is 1. The number of likely N-dealkylation sites (N-methyl/N-ethyl adjacent to an activating group) is 1. The summed E-state index contributed by atoms with van der Waals surface area (Å²) < 4.78 is 55.7. The predicted octanol–water partition coefficient (Wildman–Crippen LogP) is 3.88. The molecule has 1 amide bonds. The SMILES string of the molecule is CN1CCN(C=O)C(c2c(S(=O)(=O)c3ccc(Cl)cc3)ccnc2Cc2cc(F)ccc2F)C1. The number of halogens is 3. The number of rotatable bonds is 6. The number of hydrogen-bond acceptors (Lipinski definition) is 5. The van der Waals surface area contributed by atoms with Crippen molar-refractivity contribution in [1.82, 2.24) is 14.8 Å². The van der Waals surface area contributed by atoms with E-state index in [2.05, 4.69) is 4.98 Å². The van der Waals surface area contributed by atoms with Gasteiger partial charge in [0, 0.05) is 42.8 Å². The summed E-state index contributed by atoms with van der Waals surface area (Å²) in [5, 5.41) is 0.386. The van der Waals surface area contributed by atoms with E-state index in [1.165, 1.54) is 41.4 Å². The third-order valence-electron chi connectivity index (χ3n) is 5.91. The Labute approximate surface area is 201 Å². The van der Waals surface area contributed by atoms with Crippen LogP contribution in [0.15, 0.2) is 64.5 Å². The van der Waals surface area contributed by atoms with Crippen LogP contribution in [0.3, 0.4) is 0 Å². The molecule has 178 valence electrons. The topological polar surface area (TPSA) is 70.6 Å². The van der Waals surface area contributed by atoms with Crippen molar-refractivity contribution in [3.63, 3.8) is 0 Å². The number of hydrogen-bond donors (Lipinski definition) is 0. The van der Waals surface area contributed by atoms with Gasteiger partial charge in [-0.2, -0.15) is 0 Å². The van der Waals surface area contributed by atoms with E-state index < -0.39 is 27.5 Å². The number of carbonyl (C=O) groups excluding carboxylic acids is 1. The standard InChI is InChI=1S/C24H22ClF2N3O3S/c1-29-10-11-30(15-31)22(14-29)24-21(13-16-12-18(26)4-7-20(16)27)28-9-8-23(24)34(32,33)19-5-2-17(25)3-6-19/h2-9,12,15,22H,10-11,13-14H2,1H3. The summed E-state index contributed by atoms with van der Waals surface area (Å²) in [5.74, 6) is -1.25. The molecule has 3 aromatic rings. The number of carbonyl (C=O) groups is 1. The van der Waals surface area contributed by atoms with Gasteiger partial charge in [-0.3, -0.25) is 9.78 Å². The quantitative estimate of drug-likeness (QED) is 0.475. The number of amides is 1. The van der Waals surface area contributed by atoms with E-state index in [4.69, 9.17) is 11.6 Å². The van der Waals surface area contributed by atoms with Crippen LogP contribution in [0.1, 0.15) is 22.9 Å². The van der Waals surface area contributed by atoms with Crippen molar-refractivity contribution in [2.75, 3.05) is 26.7 Å². The molecule has 4 rings (SSSR count). The van der Waals surface area contributed by atoms with Gasteiger partial charge in [-0.15, -0.1) is 0 Å². The van der Waals surface area contributed by atoms with Crippen molar-refractivity contribution >= 4 is 27.8 Å². The van der Waals surface area contributed by atoms with Gasteiger partial charge < -0.3 is 9.80 Å². The highest BCUT2D eigenvalue weighted by Gasteiger charge is 2.34. The molecule has 0 N–H and O–H groups in total. The van der Waals surface area contributed by atoms with E-state index in [-0.39, 0.29) is 27.5 Å². The summed E-state index contributed by atoms with van der Waals surface area (Å²) in [6, 6.07) is 9.58. The summed E-state index contributed by atoms with van der Waals surface area (Å²) in [7, 11) is -2.18. The number of pyridine rings is 1. The van der Waals surface area contributed by atoms with Crippen LogP contribution < -0.4 is 0 Å². The van der Waals surface area contributed by atoms with E-state index >= 15 is 0 Å². The minimum absolute atomic E-state index is 0.0223. The molecule has 1 aliphatic heterocycles. The van der Waals surface area contributed by atoms with E-state index in [9.17, 15) is 22.0 Å². The molecule has 1 aliphatic rings. The first-order chi connectivity index (χ1) is 16.2. The van der Waals surface area contributed by atoms with Gasteiger partial charge in [0.25, 0.3) is 0 Å². The summed E-state index contributed by atoms with van der Waals surface area (Å²) in [6.07, 6.45) is 1.86. The molecule has 1 saturated heterocycles. The maximum atomic E-state index is 14.5. The summed E-state index contributed by atoms with van der Waals surface area (Å²) in [4.78, 5) is 19.7. The predicted molar refractivity (Wildman–Crippen MR) is 123 cm³/mol. The maximum absolute atomic E-state index is 14.5. The normalized spacial score (nSPS) is 17.1. The minimum atomic E-state index is -4.05. The lowest BCUT2D eigenvalue weighted by Crippen LogP contribution is -2.46. The minimum Gasteiger partial charge on any atom is -0.336 e. The monoisotopic (exact) mass is 505 g/mol. The second-order valence-corrected chi connectivity index (χ2v) is 10.5. The molecular formula is C24H22ClF2N3O3S. The van der Waals surface area contributed by atoms with Crippen LogP contribution >= 0.6 is 11.6 Å². The van der Waals surface area contributed by atoms with Gasteiger partial charge >= 0.3 is 0 Å². The van der Waals surface area contributed by atoms with Crippen LogP contribution in [0, 0.1) is 11.6 Å². The molecule has 10 heteroatoms. The average Bonchev–Trinajstić information content (AvgIpc) is 2.81.